The van der Waals surface area contributed by atoms with Gasteiger partial charge in [0.05, 0.1) is 19.4 Å². The van der Waals surface area contributed by atoms with Gasteiger partial charge in [0.2, 0.25) is 5.95 Å². The number of anilines is 2. The molecule has 3 aromatic carbocycles. The quantitative estimate of drug-likeness (QED) is 0.238. The van der Waals surface area contributed by atoms with Crippen molar-refractivity contribution in [1.82, 2.24) is 15.3 Å². The summed E-state index contributed by atoms with van der Waals surface area (Å²) in [5.41, 5.74) is 3.63. The molecule has 1 aromatic heterocycles. The van der Waals surface area contributed by atoms with Crippen LogP contribution in [0.3, 0.4) is 0 Å². The lowest BCUT2D eigenvalue weighted by Crippen LogP contribution is -2.36. The van der Waals surface area contributed by atoms with Crippen molar-refractivity contribution in [2.24, 2.45) is 5.10 Å². The standard InChI is InChI=1S/C33H31ClN6O3/c1-43-32(42)29(22-11-6-3-7-12-22)37-31(41)26-19-35-33(36-25-13-8-14-25)38-30(26)40-20-27(21-9-4-2-5-10-21)28(39-40)23-15-17-24(34)18-16-23/h2-7,9-12,15-19,25,27,29H,8,13-14,20H2,1H3,(H,37,41)(H,35,36,38)/t27?,29-/m0/s1. The normalized spacial score (nSPS) is 17.0. The van der Waals surface area contributed by atoms with E-state index < -0.39 is 17.9 Å². The van der Waals surface area contributed by atoms with Gasteiger partial charge in [-0.25, -0.2) is 14.8 Å². The monoisotopic (exact) mass is 594 g/mol. The van der Waals surface area contributed by atoms with Crippen LogP contribution in [0.4, 0.5) is 11.8 Å². The lowest BCUT2D eigenvalue weighted by molar-refractivity contribution is -0.143. The number of hydrazone groups is 1. The second-order valence-electron chi connectivity index (χ2n) is 10.6. The van der Waals surface area contributed by atoms with E-state index in [1.54, 1.807) is 29.3 Å². The predicted octanol–water partition coefficient (Wildman–Crippen LogP) is 5.75. The largest absolute Gasteiger partial charge is 0.467 e. The summed E-state index contributed by atoms with van der Waals surface area (Å²) in [4.78, 5) is 35.9. The minimum Gasteiger partial charge on any atom is -0.467 e. The van der Waals surface area contributed by atoms with Crippen LogP contribution in [0.1, 0.15) is 58.3 Å². The second kappa shape index (κ2) is 12.6. The Morgan fingerprint density at radius 3 is 2.33 bits per heavy atom. The summed E-state index contributed by atoms with van der Waals surface area (Å²) in [6, 6.07) is 25.9. The van der Waals surface area contributed by atoms with Crippen molar-refractivity contribution < 1.29 is 14.3 Å². The highest BCUT2D eigenvalue weighted by molar-refractivity contribution is 6.30. The molecule has 2 heterocycles. The van der Waals surface area contributed by atoms with Gasteiger partial charge in [0.15, 0.2) is 11.9 Å². The van der Waals surface area contributed by atoms with Crippen molar-refractivity contribution in [2.45, 2.75) is 37.3 Å². The van der Waals surface area contributed by atoms with Gasteiger partial charge >= 0.3 is 5.97 Å². The number of amides is 1. The molecule has 0 saturated heterocycles. The maximum absolute atomic E-state index is 13.9. The fourth-order valence-corrected chi connectivity index (χ4v) is 5.37. The first kappa shape index (κ1) is 28.4. The topological polar surface area (TPSA) is 109 Å². The number of nitrogens with one attached hydrogen (secondary N) is 2. The van der Waals surface area contributed by atoms with E-state index in [0.29, 0.717) is 28.9 Å². The maximum Gasteiger partial charge on any atom is 0.333 e. The SMILES string of the molecule is COC(=O)[C@@H](NC(=O)c1cnc(NC2CCC2)nc1N1CC(c2ccccc2)C(c2ccc(Cl)cc2)=N1)c1ccccc1. The van der Waals surface area contributed by atoms with Gasteiger partial charge in [-0.1, -0.05) is 84.4 Å². The van der Waals surface area contributed by atoms with Crippen LogP contribution in [-0.4, -0.2) is 47.3 Å². The molecule has 218 valence electrons. The Morgan fingerprint density at radius 2 is 1.67 bits per heavy atom. The van der Waals surface area contributed by atoms with Crippen LogP contribution < -0.4 is 15.6 Å². The van der Waals surface area contributed by atoms with Crippen LogP contribution in [0.15, 0.2) is 96.2 Å². The number of esters is 1. The fourth-order valence-electron chi connectivity index (χ4n) is 5.25. The highest BCUT2D eigenvalue weighted by Gasteiger charge is 2.34. The zero-order valence-corrected chi connectivity index (χ0v) is 24.4. The summed E-state index contributed by atoms with van der Waals surface area (Å²) in [5, 5.41) is 13.6. The molecule has 1 unspecified atom stereocenters. The highest BCUT2D eigenvalue weighted by atomic mass is 35.5. The van der Waals surface area contributed by atoms with E-state index in [2.05, 4.69) is 27.8 Å². The molecule has 0 bridgehead atoms. The van der Waals surface area contributed by atoms with Crippen molar-refractivity contribution in [3.8, 4) is 0 Å². The number of rotatable bonds is 9. The van der Waals surface area contributed by atoms with Crippen LogP contribution in [0.25, 0.3) is 0 Å². The van der Waals surface area contributed by atoms with Gasteiger partial charge in [-0.2, -0.15) is 10.1 Å². The van der Waals surface area contributed by atoms with Crippen molar-refractivity contribution in [1.29, 1.82) is 0 Å². The molecule has 1 aliphatic carbocycles. The number of benzene rings is 3. The van der Waals surface area contributed by atoms with Gasteiger partial charge in [-0.05, 0) is 48.1 Å². The zero-order valence-electron chi connectivity index (χ0n) is 23.6. The van der Waals surface area contributed by atoms with Crippen LogP contribution in [0.5, 0.6) is 0 Å². The molecule has 10 heteroatoms. The van der Waals surface area contributed by atoms with E-state index in [1.807, 2.05) is 48.5 Å². The van der Waals surface area contributed by atoms with Crippen LogP contribution in [-0.2, 0) is 9.53 Å². The van der Waals surface area contributed by atoms with Gasteiger partial charge in [0.1, 0.15) is 5.56 Å². The number of hydrogen-bond acceptors (Lipinski definition) is 8. The average Bonchev–Trinajstić information content (AvgIpc) is 3.48. The van der Waals surface area contributed by atoms with E-state index in [0.717, 1.165) is 36.1 Å². The molecule has 4 aromatic rings. The number of ether oxygens (including phenoxy) is 1. The molecule has 6 rings (SSSR count). The lowest BCUT2D eigenvalue weighted by atomic mass is 9.90. The molecule has 0 radical (unpaired) electrons. The third kappa shape index (κ3) is 6.22. The molecule has 1 aliphatic heterocycles. The summed E-state index contributed by atoms with van der Waals surface area (Å²) in [7, 11) is 1.29. The first-order chi connectivity index (χ1) is 21.0. The molecule has 1 amide bonds. The zero-order chi connectivity index (χ0) is 29.8. The summed E-state index contributed by atoms with van der Waals surface area (Å²) in [6.07, 6.45) is 4.72. The van der Waals surface area contributed by atoms with Crippen LogP contribution in [0.2, 0.25) is 5.02 Å². The van der Waals surface area contributed by atoms with Gasteiger partial charge in [-0.3, -0.25) is 4.79 Å². The molecule has 2 aliphatic rings. The van der Waals surface area contributed by atoms with Crippen molar-refractivity contribution in [3.63, 3.8) is 0 Å². The average molecular weight is 595 g/mol. The molecule has 2 N–H and O–H groups in total. The number of carbonyl (C=O) groups is 2. The molecule has 1 fully saturated rings. The van der Waals surface area contributed by atoms with E-state index in [1.165, 1.54) is 13.3 Å². The Bertz CT molecular complexity index is 1630. The number of halogens is 1. The molecule has 2 atom stereocenters. The van der Waals surface area contributed by atoms with E-state index in [-0.39, 0.29) is 17.5 Å². The summed E-state index contributed by atoms with van der Waals surface area (Å²) in [6.45, 7) is 0.446. The van der Waals surface area contributed by atoms with Crippen LogP contribution in [0, 0.1) is 0 Å². The number of hydrogen-bond donors (Lipinski definition) is 2. The van der Waals surface area contributed by atoms with Gasteiger partial charge < -0.3 is 15.4 Å². The number of carbonyl (C=O) groups excluding carboxylic acids is 2. The van der Waals surface area contributed by atoms with Crippen molar-refractivity contribution in [2.75, 3.05) is 24.0 Å². The predicted molar refractivity (Wildman–Crippen MR) is 166 cm³/mol. The van der Waals surface area contributed by atoms with Crippen LogP contribution >= 0.6 is 11.6 Å². The molecule has 1 saturated carbocycles. The highest BCUT2D eigenvalue weighted by Crippen LogP contribution is 2.34. The second-order valence-corrected chi connectivity index (χ2v) is 11.0. The van der Waals surface area contributed by atoms with Gasteiger partial charge in [-0.15, -0.1) is 0 Å². The van der Waals surface area contributed by atoms with Gasteiger partial charge in [0.25, 0.3) is 5.91 Å². The third-order valence-corrected chi connectivity index (χ3v) is 8.05. The van der Waals surface area contributed by atoms with Gasteiger partial charge in [0, 0.05) is 23.2 Å². The smallest absolute Gasteiger partial charge is 0.333 e. The molecule has 9 nitrogen and oxygen atoms in total. The summed E-state index contributed by atoms with van der Waals surface area (Å²) in [5.74, 6) is -0.427. The third-order valence-electron chi connectivity index (χ3n) is 7.80. The maximum atomic E-state index is 13.9. The number of aromatic nitrogens is 2. The van der Waals surface area contributed by atoms with E-state index >= 15 is 0 Å². The number of nitrogens with zero attached hydrogens (tertiary/aromatic N) is 4. The summed E-state index contributed by atoms with van der Waals surface area (Å²) < 4.78 is 5.01. The number of methoxy groups -OCH3 is 1. The van der Waals surface area contributed by atoms with Crippen molar-refractivity contribution >= 4 is 41.0 Å². The lowest BCUT2D eigenvalue weighted by Gasteiger charge is -2.27. The first-order valence-corrected chi connectivity index (χ1v) is 14.6. The Morgan fingerprint density at radius 1 is 0.977 bits per heavy atom. The molecular weight excluding hydrogens is 564 g/mol. The van der Waals surface area contributed by atoms with Crippen molar-refractivity contribution in [3.05, 3.63) is 118 Å². The Balaban J connectivity index is 1.39. The minimum absolute atomic E-state index is 0.0940. The van der Waals surface area contributed by atoms with E-state index in [9.17, 15) is 9.59 Å². The molecule has 0 spiro atoms. The minimum atomic E-state index is -1.01. The summed E-state index contributed by atoms with van der Waals surface area (Å²) >= 11 is 6.19. The Labute approximate surface area is 255 Å². The molecular formula is C33H31ClN6O3. The van der Waals surface area contributed by atoms with E-state index in [4.69, 9.17) is 26.4 Å². The fraction of sp³-hybridized carbons (Fsp3) is 0.242. The first-order valence-electron chi connectivity index (χ1n) is 14.2. The Kier molecular flexibility index (Phi) is 8.33. The molecule has 43 heavy (non-hydrogen) atoms. The Hall–Kier alpha value is -4.76.